The first-order chi connectivity index (χ1) is 12.4. The molecule has 0 saturated carbocycles. The van der Waals surface area contributed by atoms with Gasteiger partial charge in [-0.25, -0.2) is 4.79 Å². The van der Waals surface area contributed by atoms with Crippen LogP contribution in [-0.4, -0.2) is 20.9 Å². The van der Waals surface area contributed by atoms with Crippen molar-refractivity contribution in [2.75, 3.05) is 11.1 Å². The lowest BCUT2D eigenvalue weighted by molar-refractivity contribution is 0.0462. The number of nitrogens with one attached hydrogen (secondary N) is 1. The SMILES string of the molecule is Cc1cc(C(=O)OCc2nc(N)nc(Nc3ccccc3C)n2)c(C)s1. The number of rotatable bonds is 5. The minimum atomic E-state index is -0.403. The van der Waals surface area contributed by atoms with Crippen LogP contribution in [0, 0.1) is 20.8 Å². The van der Waals surface area contributed by atoms with Crippen molar-refractivity contribution in [1.82, 2.24) is 15.0 Å². The van der Waals surface area contributed by atoms with E-state index in [0.717, 1.165) is 21.0 Å². The standard InChI is InChI=1S/C18H19N5O2S/c1-10-6-4-5-7-14(10)20-18-22-15(21-17(19)23-18)9-25-16(24)13-8-11(2)26-12(13)3/h4-8H,9H2,1-3H3,(H3,19,20,21,22,23). The molecule has 8 heteroatoms. The molecule has 0 aliphatic heterocycles. The summed E-state index contributed by atoms with van der Waals surface area (Å²) in [5.41, 5.74) is 8.23. The van der Waals surface area contributed by atoms with Crippen molar-refractivity contribution < 1.29 is 9.53 Å². The smallest absolute Gasteiger partial charge is 0.339 e. The molecule has 3 rings (SSSR count). The largest absolute Gasteiger partial charge is 0.454 e. The summed E-state index contributed by atoms with van der Waals surface area (Å²) < 4.78 is 5.32. The van der Waals surface area contributed by atoms with Gasteiger partial charge in [0.25, 0.3) is 0 Å². The number of ether oxygens (including phenoxy) is 1. The van der Waals surface area contributed by atoms with E-state index in [9.17, 15) is 4.79 Å². The fourth-order valence-electron chi connectivity index (χ4n) is 2.43. The van der Waals surface area contributed by atoms with Gasteiger partial charge in [0.15, 0.2) is 12.4 Å². The average Bonchev–Trinajstić information content (AvgIpc) is 2.93. The number of benzene rings is 1. The Balaban J connectivity index is 1.72. The van der Waals surface area contributed by atoms with E-state index >= 15 is 0 Å². The maximum absolute atomic E-state index is 12.2. The number of carbonyl (C=O) groups excluding carboxylic acids is 1. The lowest BCUT2D eigenvalue weighted by atomic mass is 10.2. The molecule has 0 radical (unpaired) electrons. The predicted molar refractivity (Wildman–Crippen MR) is 102 cm³/mol. The van der Waals surface area contributed by atoms with E-state index in [1.54, 1.807) is 11.3 Å². The number of aryl methyl sites for hydroxylation is 3. The zero-order valence-corrected chi connectivity index (χ0v) is 15.6. The molecule has 0 bridgehead atoms. The number of thiophene rings is 1. The van der Waals surface area contributed by atoms with E-state index in [2.05, 4.69) is 20.3 Å². The lowest BCUT2D eigenvalue weighted by Crippen LogP contribution is -2.11. The number of aromatic nitrogens is 3. The molecule has 0 amide bonds. The summed E-state index contributed by atoms with van der Waals surface area (Å²) in [4.78, 5) is 26.6. The highest BCUT2D eigenvalue weighted by Crippen LogP contribution is 2.22. The molecule has 0 saturated heterocycles. The summed E-state index contributed by atoms with van der Waals surface area (Å²) in [5, 5.41) is 3.10. The van der Waals surface area contributed by atoms with Gasteiger partial charge in [-0.1, -0.05) is 18.2 Å². The molecule has 2 aromatic heterocycles. The van der Waals surface area contributed by atoms with Gasteiger partial charge < -0.3 is 15.8 Å². The van der Waals surface area contributed by atoms with Gasteiger partial charge in [0.05, 0.1) is 5.56 Å². The van der Waals surface area contributed by atoms with E-state index < -0.39 is 5.97 Å². The van der Waals surface area contributed by atoms with Gasteiger partial charge in [0.1, 0.15) is 0 Å². The first-order valence-electron chi connectivity index (χ1n) is 7.99. The van der Waals surface area contributed by atoms with Gasteiger partial charge in [0, 0.05) is 15.4 Å². The van der Waals surface area contributed by atoms with Crippen molar-refractivity contribution in [3.63, 3.8) is 0 Å². The second-order valence-electron chi connectivity index (χ2n) is 5.78. The molecule has 3 aromatic rings. The molecular weight excluding hydrogens is 350 g/mol. The molecule has 0 aliphatic carbocycles. The molecule has 134 valence electrons. The number of hydrogen-bond acceptors (Lipinski definition) is 8. The highest BCUT2D eigenvalue weighted by molar-refractivity contribution is 7.12. The topological polar surface area (TPSA) is 103 Å². The summed E-state index contributed by atoms with van der Waals surface area (Å²) in [5.74, 6) is 0.246. The van der Waals surface area contributed by atoms with Crippen molar-refractivity contribution in [1.29, 1.82) is 0 Å². The molecule has 0 spiro atoms. The average molecular weight is 369 g/mol. The van der Waals surface area contributed by atoms with Gasteiger partial charge in [-0.15, -0.1) is 11.3 Å². The van der Waals surface area contributed by atoms with Crippen LogP contribution in [-0.2, 0) is 11.3 Å². The van der Waals surface area contributed by atoms with E-state index in [1.165, 1.54) is 0 Å². The Morgan fingerprint density at radius 2 is 1.96 bits per heavy atom. The van der Waals surface area contributed by atoms with Crippen molar-refractivity contribution in [2.45, 2.75) is 27.4 Å². The van der Waals surface area contributed by atoms with Crippen molar-refractivity contribution in [3.8, 4) is 0 Å². The van der Waals surface area contributed by atoms with Crippen LogP contribution in [0.1, 0.15) is 31.5 Å². The Kier molecular flexibility index (Phi) is 5.13. The number of anilines is 3. The third-order valence-electron chi connectivity index (χ3n) is 3.68. The minimum absolute atomic E-state index is 0.0599. The fraction of sp³-hybridized carbons (Fsp3) is 0.222. The first kappa shape index (κ1) is 17.8. The summed E-state index contributed by atoms with van der Waals surface area (Å²) in [6.45, 7) is 5.73. The summed E-state index contributed by atoms with van der Waals surface area (Å²) in [7, 11) is 0. The number of nitrogens with two attached hydrogens (primary N) is 1. The molecule has 2 heterocycles. The Morgan fingerprint density at radius 3 is 2.65 bits per heavy atom. The zero-order chi connectivity index (χ0) is 18.7. The fourth-order valence-corrected chi connectivity index (χ4v) is 3.35. The molecule has 26 heavy (non-hydrogen) atoms. The van der Waals surface area contributed by atoms with E-state index in [1.807, 2.05) is 51.1 Å². The highest BCUT2D eigenvalue weighted by Gasteiger charge is 2.15. The van der Waals surface area contributed by atoms with Crippen LogP contribution in [0.3, 0.4) is 0 Å². The number of nitrogens with zero attached hydrogens (tertiary/aromatic N) is 3. The van der Waals surface area contributed by atoms with Crippen molar-refractivity contribution >= 4 is 34.9 Å². The van der Waals surface area contributed by atoms with Crippen molar-refractivity contribution in [2.24, 2.45) is 0 Å². The third kappa shape index (κ3) is 4.15. The number of hydrogen-bond donors (Lipinski definition) is 2. The van der Waals surface area contributed by atoms with Crippen LogP contribution in [0.5, 0.6) is 0 Å². The van der Waals surface area contributed by atoms with Crippen LogP contribution in [0.2, 0.25) is 0 Å². The van der Waals surface area contributed by atoms with Crippen LogP contribution in [0.4, 0.5) is 17.6 Å². The molecule has 1 aromatic carbocycles. The first-order valence-corrected chi connectivity index (χ1v) is 8.81. The quantitative estimate of drug-likeness (QED) is 0.663. The van der Waals surface area contributed by atoms with Gasteiger partial charge in [-0.05, 0) is 38.5 Å². The summed E-state index contributed by atoms with van der Waals surface area (Å²) >= 11 is 1.55. The Morgan fingerprint density at radius 1 is 1.19 bits per heavy atom. The highest BCUT2D eigenvalue weighted by atomic mass is 32.1. The van der Waals surface area contributed by atoms with Gasteiger partial charge in [-0.3, -0.25) is 0 Å². The number of carbonyl (C=O) groups is 1. The third-order valence-corrected chi connectivity index (χ3v) is 4.65. The molecule has 3 N–H and O–H groups in total. The van der Waals surface area contributed by atoms with Crippen LogP contribution < -0.4 is 11.1 Å². The monoisotopic (exact) mass is 369 g/mol. The van der Waals surface area contributed by atoms with Crippen LogP contribution >= 0.6 is 11.3 Å². The number of esters is 1. The summed E-state index contributed by atoms with van der Waals surface area (Å²) in [6.07, 6.45) is 0. The molecular formula is C18H19N5O2S. The molecule has 0 aliphatic rings. The molecule has 7 nitrogen and oxygen atoms in total. The van der Waals surface area contributed by atoms with Gasteiger partial charge in [0.2, 0.25) is 11.9 Å². The Bertz CT molecular complexity index is 955. The maximum atomic E-state index is 12.2. The Labute approximate surface area is 155 Å². The van der Waals surface area contributed by atoms with E-state index in [0.29, 0.717) is 11.5 Å². The number of para-hydroxylation sites is 1. The second-order valence-corrected chi connectivity index (χ2v) is 7.24. The van der Waals surface area contributed by atoms with Crippen LogP contribution in [0.25, 0.3) is 0 Å². The lowest BCUT2D eigenvalue weighted by Gasteiger charge is -2.09. The molecule has 0 atom stereocenters. The minimum Gasteiger partial charge on any atom is -0.454 e. The number of nitrogen functional groups attached to an aromatic ring is 1. The van der Waals surface area contributed by atoms with Gasteiger partial charge >= 0.3 is 5.97 Å². The van der Waals surface area contributed by atoms with Crippen LogP contribution in [0.15, 0.2) is 30.3 Å². The normalized spacial score (nSPS) is 10.6. The van der Waals surface area contributed by atoms with Crippen molar-refractivity contribution in [3.05, 3.63) is 57.0 Å². The predicted octanol–water partition coefficient (Wildman–Crippen LogP) is 3.54. The zero-order valence-electron chi connectivity index (χ0n) is 14.7. The summed E-state index contributed by atoms with van der Waals surface area (Å²) in [6, 6.07) is 9.56. The second kappa shape index (κ2) is 7.49. The van der Waals surface area contributed by atoms with E-state index in [-0.39, 0.29) is 18.4 Å². The molecule has 0 fully saturated rings. The Hall–Kier alpha value is -3.00. The maximum Gasteiger partial charge on any atom is 0.339 e. The van der Waals surface area contributed by atoms with E-state index in [4.69, 9.17) is 10.5 Å². The van der Waals surface area contributed by atoms with Gasteiger partial charge in [-0.2, -0.15) is 15.0 Å². The molecule has 0 unspecified atom stereocenters.